The van der Waals surface area contributed by atoms with E-state index in [0.29, 0.717) is 37.5 Å². The highest BCUT2D eigenvalue weighted by atomic mass is 16.5. The number of nitrogens with two attached hydrogens (primary N) is 1. The van der Waals surface area contributed by atoms with Crippen LogP contribution in [0.5, 0.6) is 0 Å². The van der Waals surface area contributed by atoms with Crippen molar-refractivity contribution in [2.45, 2.75) is 90.9 Å². The number of carbonyl (C=O) groups is 4. The second-order valence-electron chi connectivity index (χ2n) is 10.3. The number of hydrogen-bond donors (Lipinski definition) is 3. The molecule has 1 aromatic rings. The first-order valence-corrected chi connectivity index (χ1v) is 13.2. The number of carbonyl (C=O) groups excluding carboxylic acids is 3. The van der Waals surface area contributed by atoms with Gasteiger partial charge in [0.25, 0.3) is 0 Å². The number of methoxy groups -OCH3 is 2. The van der Waals surface area contributed by atoms with Crippen LogP contribution in [0.4, 0.5) is 0 Å². The van der Waals surface area contributed by atoms with E-state index in [0.717, 1.165) is 31.6 Å². The van der Waals surface area contributed by atoms with Gasteiger partial charge in [-0.05, 0) is 51.4 Å². The number of hydrogen-bond acceptors (Lipinski definition) is 10. The zero-order chi connectivity index (χ0) is 28.8. The fraction of sp³-hybridized carbons (Fsp3) is 0.769. The number of nitrogens with zero attached hydrogens (tertiary/aromatic N) is 2. The van der Waals surface area contributed by atoms with Crippen molar-refractivity contribution in [3.05, 3.63) is 11.8 Å². The lowest BCUT2D eigenvalue weighted by atomic mass is 9.82. The normalized spacial score (nSPS) is 22.8. The minimum Gasteiger partial charge on any atom is -0.481 e. The van der Waals surface area contributed by atoms with E-state index < -0.39 is 5.97 Å². The average Bonchev–Trinajstić information content (AvgIpc) is 3.43. The Morgan fingerprint density at radius 3 is 1.61 bits per heavy atom. The van der Waals surface area contributed by atoms with Crippen molar-refractivity contribution >= 4 is 23.8 Å². The van der Waals surface area contributed by atoms with E-state index in [-0.39, 0.29) is 47.4 Å². The van der Waals surface area contributed by atoms with Gasteiger partial charge in [0.15, 0.2) is 0 Å². The summed E-state index contributed by atoms with van der Waals surface area (Å²) in [6.45, 7) is 7.63. The second-order valence-corrected chi connectivity index (χ2v) is 10.3. The third-order valence-electron chi connectivity index (χ3n) is 6.84. The lowest BCUT2D eigenvalue weighted by molar-refractivity contribution is -0.150. The molecule has 0 aliphatic heterocycles. The van der Waals surface area contributed by atoms with Crippen molar-refractivity contribution in [1.29, 1.82) is 0 Å². The number of nitrogens with one attached hydrogen (secondary N) is 1. The minimum atomic E-state index is -0.747. The van der Waals surface area contributed by atoms with E-state index in [9.17, 15) is 19.2 Å². The maximum absolute atomic E-state index is 11.4. The predicted octanol–water partition coefficient (Wildman–Crippen LogP) is 3.32. The highest BCUT2D eigenvalue weighted by Gasteiger charge is 2.31. The van der Waals surface area contributed by atoms with Crippen LogP contribution in [0.1, 0.15) is 103 Å². The van der Waals surface area contributed by atoms with E-state index in [4.69, 9.17) is 20.1 Å². The van der Waals surface area contributed by atoms with Gasteiger partial charge in [0, 0.05) is 17.8 Å². The minimum absolute atomic E-state index is 0.00926. The van der Waals surface area contributed by atoms with Gasteiger partial charge in [-0.15, -0.1) is 10.2 Å². The van der Waals surface area contributed by atoms with Gasteiger partial charge >= 0.3 is 17.9 Å². The first kappa shape index (κ1) is 33.0. The Labute approximate surface area is 224 Å². The summed E-state index contributed by atoms with van der Waals surface area (Å²) in [4.78, 5) is 43.4. The van der Waals surface area contributed by atoms with Crippen LogP contribution in [0.3, 0.4) is 0 Å². The molecular formula is C26H44N4O8. The third-order valence-corrected chi connectivity index (χ3v) is 6.84. The number of carboxylic acids is 1. The lowest BCUT2D eigenvalue weighted by Gasteiger charge is -2.24. The van der Waals surface area contributed by atoms with Crippen molar-refractivity contribution in [1.82, 2.24) is 15.6 Å². The fourth-order valence-corrected chi connectivity index (χ4v) is 4.30. The summed E-state index contributed by atoms with van der Waals surface area (Å²) in [5, 5.41) is 16.9. The van der Waals surface area contributed by atoms with Gasteiger partial charge in [-0.2, -0.15) is 0 Å². The lowest BCUT2D eigenvalue weighted by Crippen LogP contribution is -2.33. The predicted molar refractivity (Wildman–Crippen MR) is 137 cm³/mol. The average molecular weight is 541 g/mol. The zero-order valence-electron chi connectivity index (χ0n) is 23.4. The summed E-state index contributed by atoms with van der Waals surface area (Å²) in [5.74, 6) is 5.26. The van der Waals surface area contributed by atoms with Gasteiger partial charge in [-0.3, -0.25) is 24.6 Å². The highest BCUT2D eigenvalue weighted by Crippen LogP contribution is 2.36. The Balaban J connectivity index is 0.000000316. The maximum Gasteiger partial charge on any atom is 0.308 e. The number of amides is 1. The van der Waals surface area contributed by atoms with Crippen LogP contribution < -0.4 is 11.3 Å². The molecule has 3 rings (SSSR count). The van der Waals surface area contributed by atoms with E-state index in [1.54, 1.807) is 13.8 Å². The number of aromatic nitrogens is 2. The monoisotopic (exact) mass is 540 g/mol. The van der Waals surface area contributed by atoms with Crippen LogP contribution in [0.2, 0.25) is 0 Å². The number of esters is 2. The first-order chi connectivity index (χ1) is 17.9. The van der Waals surface area contributed by atoms with Crippen LogP contribution >= 0.6 is 0 Å². The van der Waals surface area contributed by atoms with Crippen LogP contribution in [-0.2, 0) is 28.7 Å². The smallest absolute Gasteiger partial charge is 0.308 e. The summed E-state index contributed by atoms with van der Waals surface area (Å²) in [6, 6.07) is 0. The SMILES string of the molecule is CC(C)C(=O)NN.COC(=O)C1CCC(C(=O)O)CC1.COC(=O)C1CCC(c2nnc(C(C)C)o2)CC1. The Morgan fingerprint density at radius 2 is 1.29 bits per heavy atom. The summed E-state index contributed by atoms with van der Waals surface area (Å²) in [6.07, 6.45) is 5.99. The standard InChI is InChI=1S/C13H20N2O3.C9H14O4.C4H10N2O/c1-8(2)11-14-15-12(18-11)9-4-6-10(7-5-9)13(16)17-3;1-13-9(12)7-4-2-6(3-5-7)8(10)11;1-3(2)4(7)6-5/h8-10H,4-7H2,1-3H3;6-7H,2-5H2,1H3,(H,10,11);3H,5H2,1-2H3,(H,6,7). The van der Waals surface area contributed by atoms with E-state index in [2.05, 4.69) is 14.9 Å². The molecule has 216 valence electrons. The van der Waals surface area contributed by atoms with Crippen molar-refractivity contribution < 1.29 is 38.2 Å². The molecule has 4 N–H and O–H groups in total. The molecule has 1 heterocycles. The number of carboxylic acid groups (broad SMARTS) is 1. The van der Waals surface area contributed by atoms with Gasteiger partial charge in [0.1, 0.15) is 0 Å². The zero-order valence-corrected chi connectivity index (χ0v) is 23.4. The highest BCUT2D eigenvalue weighted by molar-refractivity contribution is 5.77. The molecule has 12 heteroatoms. The molecule has 2 fully saturated rings. The quantitative estimate of drug-likeness (QED) is 0.208. The molecule has 0 atom stereocenters. The Morgan fingerprint density at radius 1 is 0.842 bits per heavy atom. The molecule has 1 amide bonds. The fourth-order valence-electron chi connectivity index (χ4n) is 4.30. The molecular weight excluding hydrogens is 496 g/mol. The summed E-state index contributed by atoms with van der Waals surface area (Å²) in [7, 11) is 2.81. The van der Waals surface area contributed by atoms with E-state index >= 15 is 0 Å². The molecule has 0 saturated heterocycles. The largest absolute Gasteiger partial charge is 0.481 e. The summed E-state index contributed by atoms with van der Waals surface area (Å²) in [5.41, 5.74) is 2.03. The third kappa shape index (κ3) is 10.8. The Kier molecular flexibility index (Phi) is 14.5. The van der Waals surface area contributed by atoms with E-state index in [1.165, 1.54) is 14.2 Å². The van der Waals surface area contributed by atoms with Crippen molar-refractivity contribution in [2.75, 3.05) is 14.2 Å². The number of hydrazine groups is 1. The first-order valence-electron chi connectivity index (χ1n) is 13.2. The second kappa shape index (κ2) is 16.7. The van der Waals surface area contributed by atoms with Crippen molar-refractivity contribution in [3.8, 4) is 0 Å². The number of rotatable bonds is 6. The van der Waals surface area contributed by atoms with Gasteiger partial charge in [0.05, 0.1) is 32.0 Å². The molecule has 0 aromatic carbocycles. The maximum atomic E-state index is 11.4. The van der Waals surface area contributed by atoms with Crippen LogP contribution in [-0.4, -0.2) is 53.3 Å². The summed E-state index contributed by atoms with van der Waals surface area (Å²) >= 11 is 0. The molecule has 38 heavy (non-hydrogen) atoms. The summed E-state index contributed by atoms with van der Waals surface area (Å²) < 4.78 is 15.0. The molecule has 0 unspecified atom stereocenters. The van der Waals surface area contributed by atoms with Crippen LogP contribution in [0.25, 0.3) is 0 Å². The topological polar surface area (TPSA) is 184 Å². The van der Waals surface area contributed by atoms with Crippen molar-refractivity contribution in [3.63, 3.8) is 0 Å². The van der Waals surface area contributed by atoms with E-state index in [1.807, 2.05) is 19.3 Å². The molecule has 2 aliphatic carbocycles. The Bertz CT molecular complexity index is 886. The molecule has 12 nitrogen and oxygen atoms in total. The number of aliphatic carboxylic acids is 1. The van der Waals surface area contributed by atoms with Gasteiger partial charge < -0.3 is 19.0 Å². The molecule has 0 spiro atoms. The van der Waals surface area contributed by atoms with Gasteiger partial charge in [0.2, 0.25) is 17.7 Å². The molecule has 0 radical (unpaired) electrons. The molecule has 1 aromatic heterocycles. The molecule has 0 bridgehead atoms. The van der Waals surface area contributed by atoms with Crippen LogP contribution in [0, 0.1) is 23.7 Å². The van der Waals surface area contributed by atoms with Gasteiger partial charge in [-0.1, -0.05) is 27.7 Å². The van der Waals surface area contributed by atoms with Gasteiger partial charge in [-0.25, -0.2) is 5.84 Å². The molecule has 2 aliphatic rings. The number of ether oxygens (including phenoxy) is 2. The van der Waals surface area contributed by atoms with Crippen LogP contribution in [0.15, 0.2) is 4.42 Å². The molecule has 2 saturated carbocycles. The Hall–Kier alpha value is -3.02. The van der Waals surface area contributed by atoms with Crippen molar-refractivity contribution in [2.24, 2.45) is 29.5 Å².